The number of carbonyl (C=O) groups excluding carboxylic acids is 5. The largest absolute Gasteiger partial charge is 0.508 e. The highest BCUT2D eigenvalue weighted by atomic mass is 16.3. The molecule has 0 unspecified atom stereocenters. The number of aliphatic hydroxyl groups is 1. The topological polar surface area (TPSA) is 237 Å². The first-order valence-corrected chi connectivity index (χ1v) is 20.6. The standard InChI is InChI=1S/C42H68N10O7/c1-43-16-8-12-31(24-38(55)48-19-18-45-3)49-39(56)33(13-9-17-44-2)50-41(58)36-21-27-10-7-11-28(20-27)29-14-15-37(54)30(22-29)23-34(47-5)40(57)51-35(42(59)52(36)6)25-32(53)26-46-4/h7,10-11,14-15,20,22,31-36,43-47,53-54H,8-9,12-13,16-19,21,23-26H2,1-6H3,(H,48,55)(H,49,56)(H,50,58)(H,51,57)/t31-,32+,33-,34-,35-,36-/m0/s1. The Morgan fingerprint density at radius 2 is 1.54 bits per heavy atom. The van der Waals surface area contributed by atoms with E-state index in [1.165, 1.54) is 11.9 Å². The number of amides is 5. The van der Waals surface area contributed by atoms with Crippen molar-refractivity contribution in [2.24, 2.45) is 0 Å². The van der Waals surface area contributed by atoms with Crippen LogP contribution in [0.15, 0.2) is 42.5 Å². The number of nitrogens with zero attached hydrogens (tertiary/aromatic N) is 1. The highest BCUT2D eigenvalue weighted by Crippen LogP contribution is 2.28. The number of hydrogen-bond donors (Lipinski definition) is 11. The maximum Gasteiger partial charge on any atom is 0.245 e. The third-order valence-corrected chi connectivity index (χ3v) is 10.5. The van der Waals surface area contributed by atoms with Gasteiger partial charge in [0.1, 0.15) is 23.9 Å². The van der Waals surface area contributed by atoms with Gasteiger partial charge in [0.05, 0.1) is 12.1 Å². The zero-order valence-electron chi connectivity index (χ0n) is 35.6. The molecule has 17 heteroatoms. The zero-order valence-corrected chi connectivity index (χ0v) is 35.6. The third-order valence-electron chi connectivity index (χ3n) is 10.5. The molecule has 2 aromatic rings. The van der Waals surface area contributed by atoms with Crippen molar-refractivity contribution in [1.82, 2.24) is 52.8 Å². The van der Waals surface area contributed by atoms with Gasteiger partial charge in [0, 0.05) is 58.4 Å². The molecule has 0 aliphatic carbocycles. The minimum atomic E-state index is -1.23. The molecular weight excluding hydrogens is 757 g/mol. The minimum Gasteiger partial charge on any atom is -0.508 e. The maximum absolute atomic E-state index is 14.6. The summed E-state index contributed by atoms with van der Waals surface area (Å²) in [6, 6.07) is 7.95. The molecule has 0 fully saturated rings. The Kier molecular flexibility index (Phi) is 21.3. The molecule has 1 aliphatic heterocycles. The van der Waals surface area contributed by atoms with E-state index in [9.17, 15) is 34.2 Å². The average molecular weight is 825 g/mol. The van der Waals surface area contributed by atoms with E-state index in [1.807, 2.05) is 37.4 Å². The number of benzene rings is 2. The third kappa shape index (κ3) is 15.8. The average Bonchev–Trinajstić information content (AvgIpc) is 3.21. The van der Waals surface area contributed by atoms with Gasteiger partial charge in [-0.05, 0) is 108 Å². The number of phenols is 1. The summed E-state index contributed by atoms with van der Waals surface area (Å²) in [5, 5.41) is 48.3. The quantitative estimate of drug-likeness (QED) is 0.0624. The van der Waals surface area contributed by atoms with Crippen LogP contribution in [0.5, 0.6) is 5.75 Å². The van der Waals surface area contributed by atoms with E-state index < -0.39 is 59.9 Å². The lowest BCUT2D eigenvalue weighted by molar-refractivity contribution is -0.143. The minimum absolute atomic E-state index is 0.0150. The Labute approximate surface area is 349 Å². The van der Waals surface area contributed by atoms with Crippen molar-refractivity contribution < 1.29 is 34.2 Å². The molecular formula is C42H68N10O7. The van der Waals surface area contributed by atoms with E-state index in [1.54, 1.807) is 40.3 Å². The number of fused-ring (bicyclic) bond motifs is 5. The second-order valence-corrected chi connectivity index (χ2v) is 15.2. The van der Waals surface area contributed by atoms with Crippen LogP contribution in [0.2, 0.25) is 0 Å². The van der Waals surface area contributed by atoms with Crippen LogP contribution >= 0.6 is 0 Å². The van der Waals surface area contributed by atoms with Crippen LogP contribution in [-0.4, -0.2) is 156 Å². The fourth-order valence-electron chi connectivity index (χ4n) is 7.16. The van der Waals surface area contributed by atoms with Crippen molar-refractivity contribution in [1.29, 1.82) is 0 Å². The number of likely N-dealkylation sites (N-methyl/N-ethyl adjacent to an activating group) is 4. The molecule has 59 heavy (non-hydrogen) atoms. The van der Waals surface area contributed by atoms with Crippen LogP contribution in [0.1, 0.15) is 49.7 Å². The van der Waals surface area contributed by atoms with Gasteiger partial charge in [-0.3, -0.25) is 24.0 Å². The first-order chi connectivity index (χ1) is 28.3. The Bertz CT molecular complexity index is 1660. The smallest absolute Gasteiger partial charge is 0.245 e. The summed E-state index contributed by atoms with van der Waals surface area (Å²) >= 11 is 0. The summed E-state index contributed by atoms with van der Waals surface area (Å²) in [6.07, 6.45) is 1.12. The molecule has 0 spiro atoms. The van der Waals surface area contributed by atoms with E-state index in [-0.39, 0.29) is 50.3 Å². The van der Waals surface area contributed by atoms with Gasteiger partial charge in [-0.1, -0.05) is 30.3 Å². The van der Waals surface area contributed by atoms with Gasteiger partial charge in [-0.2, -0.15) is 0 Å². The Hall–Kier alpha value is -4.65. The van der Waals surface area contributed by atoms with E-state index in [0.29, 0.717) is 51.0 Å². The number of carbonyl (C=O) groups is 5. The Balaban J connectivity index is 2.05. The molecule has 5 amide bonds. The number of nitrogens with one attached hydrogen (secondary N) is 9. The zero-order chi connectivity index (χ0) is 43.3. The molecule has 3 rings (SSSR count). The number of hydrogen-bond acceptors (Lipinski definition) is 12. The van der Waals surface area contributed by atoms with E-state index in [4.69, 9.17) is 0 Å². The fraction of sp³-hybridized carbons (Fsp3) is 0.595. The first-order valence-electron chi connectivity index (χ1n) is 20.6. The SMILES string of the molecule is CNCCC[C@@H](CC(=O)NCCNC)NC(=O)[C@H](CCCNC)NC(=O)[C@@H]1Cc2cccc(c2)-c2ccc(O)c(c2)C[C@H](NC)C(=O)N[C@@H](C[C@@H](O)CNC)C(=O)N1C. The van der Waals surface area contributed by atoms with Crippen LogP contribution in [0.3, 0.4) is 0 Å². The summed E-state index contributed by atoms with van der Waals surface area (Å²) in [7, 11) is 10.2. The second-order valence-electron chi connectivity index (χ2n) is 15.2. The van der Waals surface area contributed by atoms with Crippen molar-refractivity contribution >= 4 is 29.5 Å². The van der Waals surface area contributed by atoms with Crippen LogP contribution in [0.4, 0.5) is 0 Å². The monoisotopic (exact) mass is 825 g/mol. The lowest BCUT2D eigenvalue weighted by Gasteiger charge is -2.33. The van der Waals surface area contributed by atoms with Crippen LogP contribution < -0.4 is 47.9 Å². The number of aliphatic hydroxyl groups excluding tert-OH is 1. The van der Waals surface area contributed by atoms with Crippen LogP contribution in [0.25, 0.3) is 11.1 Å². The molecule has 6 atom stereocenters. The highest BCUT2D eigenvalue weighted by molar-refractivity contribution is 5.95. The molecule has 1 heterocycles. The fourth-order valence-corrected chi connectivity index (χ4v) is 7.16. The molecule has 1 aliphatic rings. The molecule has 0 saturated heterocycles. The van der Waals surface area contributed by atoms with Crippen molar-refractivity contribution in [2.75, 3.05) is 75.0 Å². The summed E-state index contributed by atoms with van der Waals surface area (Å²) in [5.41, 5.74) is 2.82. The summed E-state index contributed by atoms with van der Waals surface area (Å²) < 4.78 is 0. The normalized spacial score (nSPS) is 18.8. The van der Waals surface area contributed by atoms with E-state index in [2.05, 4.69) is 47.9 Å². The van der Waals surface area contributed by atoms with E-state index in [0.717, 1.165) is 16.7 Å². The summed E-state index contributed by atoms with van der Waals surface area (Å²) in [5.74, 6) is -2.35. The van der Waals surface area contributed by atoms with Crippen LogP contribution in [-0.2, 0) is 36.8 Å². The first kappa shape index (κ1) is 48.7. The number of aromatic hydroxyl groups is 1. The van der Waals surface area contributed by atoms with Crippen molar-refractivity contribution in [3.8, 4) is 16.9 Å². The van der Waals surface area contributed by atoms with Gasteiger partial charge in [0.15, 0.2) is 0 Å². The number of rotatable bonds is 22. The van der Waals surface area contributed by atoms with Gasteiger partial charge in [-0.15, -0.1) is 0 Å². The molecule has 11 N–H and O–H groups in total. The molecule has 0 radical (unpaired) electrons. The Morgan fingerprint density at radius 3 is 2.22 bits per heavy atom. The van der Waals surface area contributed by atoms with E-state index >= 15 is 0 Å². The highest BCUT2D eigenvalue weighted by Gasteiger charge is 2.36. The maximum atomic E-state index is 14.6. The molecule has 4 bridgehead atoms. The van der Waals surface area contributed by atoms with Crippen molar-refractivity contribution in [3.63, 3.8) is 0 Å². The number of phenolic OH excluding ortho intramolecular Hbond substituents is 1. The molecule has 0 saturated carbocycles. The lowest BCUT2D eigenvalue weighted by atomic mass is 9.95. The molecule has 17 nitrogen and oxygen atoms in total. The van der Waals surface area contributed by atoms with Gasteiger partial charge < -0.3 is 63.0 Å². The van der Waals surface area contributed by atoms with Crippen molar-refractivity contribution in [2.45, 2.75) is 87.7 Å². The predicted molar refractivity (Wildman–Crippen MR) is 229 cm³/mol. The Morgan fingerprint density at radius 1 is 0.847 bits per heavy atom. The molecule has 2 aromatic carbocycles. The van der Waals surface area contributed by atoms with Gasteiger partial charge in [-0.25, -0.2) is 0 Å². The second kappa shape index (κ2) is 25.8. The predicted octanol–water partition coefficient (Wildman–Crippen LogP) is -1.28. The van der Waals surface area contributed by atoms with Gasteiger partial charge in [0.2, 0.25) is 29.5 Å². The molecule has 328 valence electrons. The van der Waals surface area contributed by atoms with Crippen molar-refractivity contribution in [3.05, 3.63) is 53.6 Å². The summed E-state index contributed by atoms with van der Waals surface area (Å²) in [4.78, 5) is 71.2. The molecule has 0 aromatic heterocycles. The van der Waals surface area contributed by atoms with Gasteiger partial charge >= 0.3 is 0 Å². The van der Waals surface area contributed by atoms with Crippen LogP contribution in [0, 0.1) is 0 Å². The lowest BCUT2D eigenvalue weighted by Crippen LogP contribution is -2.60. The van der Waals surface area contributed by atoms with Gasteiger partial charge in [0.25, 0.3) is 0 Å². The summed E-state index contributed by atoms with van der Waals surface area (Å²) in [6.45, 7) is 2.46.